The van der Waals surface area contributed by atoms with Crippen molar-refractivity contribution in [2.45, 2.75) is 24.8 Å². The van der Waals surface area contributed by atoms with Crippen LogP contribution in [-0.2, 0) is 10.0 Å². The van der Waals surface area contributed by atoms with Gasteiger partial charge in [-0.1, -0.05) is 13.0 Å². The number of benzene rings is 1. The summed E-state index contributed by atoms with van der Waals surface area (Å²) in [5.41, 5.74) is -1.05. The third kappa shape index (κ3) is 5.20. The number of likely N-dealkylation sites (N-methyl/N-ethyl adjacent to an activating group) is 1. The Balaban J connectivity index is 0.00000400. The van der Waals surface area contributed by atoms with Crippen molar-refractivity contribution in [2.75, 3.05) is 13.1 Å². The Kier molecular flexibility index (Phi) is 7.72. The number of hydrogen-bond donors (Lipinski definition) is 2. The van der Waals surface area contributed by atoms with Crippen LogP contribution >= 0.6 is 12.4 Å². The van der Waals surface area contributed by atoms with E-state index >= 15 is 0 Å². The van der Waals surface area contributed by atoms with E-state index in [1.165, 1.54) is 0 Å². The highest BCUT2D eigenvalue weighted by atomic mass is 35.5. The molecule has 0 bridgehead atoms. The second kappa shape index (κ2) is 8.23. The van der Waals surface area contributed by atoms with Gasteiger partial charge in [0.2, 0.25) is 15.8 Å². The van der Waals surface area contributed by atoms with Crippen molar-refractivity contribution >= 4 is 28.1 Å². The number of sulfonamides is 1. The molecule has 0 aliphatic heterocycles. The first kappa shape index (κ1) is 19.7. The van der Waals surface area contributed by atoms with Gasteiger partial charge in [0.1, 0.15) is 0 Å². The Morgan fingerprint density at radius 3 is 2.57 bits per heavy atom. The smallest absolute Gasteiger partial charge is 0.313 e. The molecule has 0 amide bonds. The molecule has 1 rings (SSSR count). The lowest BCUT2D eigenvalue weighted by molar-refractivity contribution is -0.390. The second-order valence-electron chi connectivity index (χ2n) is 4.15. The average Bonchev–Trinajstić information content (AvgIpc) is 2.36. The highest BCUT2D eigenvalue weighted by Crippen LogP contribution is 2.26. The van der Waals surface area contributed by atoms with E-state index in [1.54, 1.807) is 6.92 Å². The highest BCUT2D eigenvalue weighted by molar-refractivity contribution is 7.89. The molecule has 1 aromatic rings. The van der Waals surface area contributed by atoms with Crippen LogP contribution < -0.4 is 10.0 Å². The molecule has 0 aliphatic carbocycles. The van der Waals surface area contributed by atoms with Crippen LogP contribution in [0.4, 0.5) is 10.1 Å². The molecule has 0 heterocycles. The van der Waals surface area contributed by atoms with Gasteiger partial charge < -0.3 is 5.32 Å². The zero-order valence-electron chi connectivity index (χ0n) is 11.5. The van der Waals surface area contributed by atoms with E-state index < -0.39 is 31.3 Å². The van der Waals surface area contributed by atoms with Crippen molar-refractivity contribution in [3.05, 3.63) is 34.1 Å². The van der Waals surface area contributed by atoms with Gasteiger partial charge in [-0.15, -0.1) is 12.4 Å². The number of nitrogens with zero attached hydrogens (tertiary/aromatic N) is 1. The fourth-order valence-electron chi connectivity index (χ4n) is 1.62. The minimum Gasteiger partial charge on any atom is -0.313 e. The number of rotatable bonds is 7. The predicted octanol–water partition coefficient (Wildman–Crippen LogP) is 1.43. The Bertz CT molecular complexity index is 597. The molecule has 1 aromatic carbocycles. The quantitative estimate of drug-likeness (QED) is 0.577. The van der Waals surface area contributed by atoms with E-state index in [-0.39, 0.29) is 25.0 Å². The molecule has 0 aliphatic rings. The Morgan fingerprint density at radius 1 is 1.43 bits per heavy atom. The molecule has 1 atom stereocenters. The number of nitro groups is 1. The molecule has 7 nitrogen and oxygen atoms in total. The monoisotopic (exact) mass is 341 g/mol. The number of nitrogens with one attached hydrogen (secondary N) is 2. The van der Waals surface area contributed by atoms with Crippen LogP contribution in [0.2, 0.25) is 0 Å². The van der Waals surface area contributed by atoms with Crippen molar-refractivity contribution in [1.29, 1.82) is 0 Å². The van der Waals surface area contributed by atoms with Gasteiger partial charge in [-0.05, 0) is 25.6 Å². The maximum atomic E-state index is 13.4. The summed E-state index contributed by atoms with van der Waals surface area (Å²) in [7, 11) is -4.14. The number of nitro benzene ring substituents is 1. The molecule has 2 N–H and O–H groups in total. The third-order valence-corrected chi connectivity index (χ3v) is 4.01. The summed E-state index contributed by atoms with van der Waals surface area (Å²) >= 11 is 0. The molecule has 0 aromatic heterocycles. The van der Waals surface area contributed by atoms with Crippen LogP contribution in [0.3, 0.4) is 0 Å². The minimum absolute atomic E-state index is 0. The molecule has 0 saturated heterocycles. The zero-order chi connectivity index (χ0) is 15.3. The van der Waals surface area contributed by atoms with E-state index in [9.17, 15) is 22.9 Å². The molecule has 120 valence electrons. The second-order valence-corrected chi connectivity index (χ2v) is 5.89. The molecule has 21 heavy (non-hydrogen) atoms. The summed E-state index contributed by atoms with van der Waals surface area (Å²) in [5, 5.41) is 13.8. The Hall–Kier alpha value is -1.29. The zero-order valence-corrected chi connectivity index (χ0v) is 13.1. The number of para-hydroxylation sites is 1. The molecule has 0 saturated carbocycles. The number of halogens is 2. The van der Waals surface area contributed by atoms with Crippen LogP contribution in [0.1, 0.15) is 13.8 Å². The van der Waals surface area contributed by atoms with Crippen LogP contribution in [0, 0.1) is 15.9 Å². The Labute approximate surface area is 128 Å². The molecule has 0 fully saturated rings. The van der Waals surface area contributed by atoms with Gasteiger partial charge in [0.05, 0.1) is 4.92 Å². The van der Waals surface area contributed by atoms with Gasteiger partial charge in [0, 0.05) is 12.6 Å². The molecule has 0 spiro atoms. The first-order valence-corrected chi connectivity index (χ1v) is 7.43. The lowest BCUT2D eigenvalue weighted by atomic mass is 10.3. The van der Waals surface area contributed by atoms with Crippen LogP contribution in [0.25, 0.3) is 0 Å². The summed E-state index contributed by atoms with van der Waals surface area (Å²) in [5.74, 6) is -1.18. The molecular formula is C11H17ClFN3O4S. The summed E-state index contributed by atoms with van der Waals surface area (Å²) in [6.07, 6.45) is 0. The van der Waals surface area contributed by atoms with E-state index in [0.29, 0.717) is 6.54 Å². The maximum Gasteiger partial charge on any atom is 0.324 e. The van der Waals surface area contributed by atoms with Crippen molar-refractivity contribution in [2.24, 2.45) is 0 Å². The summed E-state index contributed by atoms with van der Waals surface area (Å²) < 4.78 is 39.6. The van der Waals surface area contributed by atoms with Gasteiger partial charge in [-0.25, -0.2) is 13.1 Å². The fraction of sp³-hybridized carbons (Fsp3) is 0.455. The number of hydrogen-bond acceptors (Lipinski definition) is 5. The van der Waals surface area contributed by atoms with Gasteiger partial charge in [-0.3, -0.25) is 10.1 Å². The van der Waals surface area contributed by atoms with Crippen molar-refractivity contribution < 1.29 is 17.7 Å². The fourth-order valence-corrected chi connectivity index (χ4v) is 2.93. The van der Waals surface area contributed by atoms with Gasteiger partial charge in [0.25, 0.3) is 0 Å². The standard InChI is InChI=1S/C11H16FN3O4S.ClH/c1-3-13-8(2)7-14-20(18,19)10-6-4-5-9(12)11(10)15(16)17;/h4-6,8,13-14H,3,7H2,1-2H3;1H/t8-;/m1./s1. The first-order valence-electron chi connectivity index (χ1n) is 5.95. The van der Waals surface area contributed by atoms with Crippen molar-refractivity contribution in [1.82, 2.24) is 10.0 Å². The van der Waals surface area contributed by atoms with E-state index in [4.69, 9.17) is 0 Å². The lowest BCUT2D eigenvalue weighted by Crippen LogP contribution is -2.38. The topological polar surface area (TPSA) is 101 Å². The van der Waals surface area contributed by atoms with E-state index in [0.717, 1.165) is 18.2 Å². The average molecular weight is 342 g/mol. The summed E-state index contributed by atoms with van der Waals surface area (Å²) in [6.45, 7) is 4.32. The summed E-state index contributed by atoms with van der Waals surface area (Å²) in [6, 6.07) is 2.81. The van der Waals surface area contributed by atoms with Gasteiger partial charge in [0.15, 0.2) is 4.90 Å². The maximum absolute atomic E-state index is 13.4. The van der Waals surface area contributed by atoms with Crippen molar-refractivity contribution in [3.63, 3.8) is 0 Å². The molecule has 0 radical (unpaired) electrons. The SMILES string of the molecule is CCN[C@H](C)CNS(=O)(=O)c1cccc(F)c1[N+](=O)[O-].Cl. The first-order chi connectivity index (χ1) is 9.29. The third-order valence-electron chi connectivity index (χ3n) is 2.55. The largest absolute Gasteiger partial charge is 0.324 e. The van der Waals surface area contributed by atoms with E-state index in [2.05, 4.69) is 10.0 Å². The van der Waals surface area contributed by atoms with Gasteiger partial charge in [-0.2, -0.15) is 4.39 Å². The minimum atomic E-state index is -4.14. The van der Waals surface area contributed by atoms with Crippen molar-refractivity contribution in [3.8, 4) is 0 Å². The summed E-state index contributed by atoms with van der Waals surface area (Å²) in [4.78, 5) is 9.07. The highest BCUT2D eigenvalue weighted by Gasteiger charge is 2.29. The predicted molar refractivity (Wildman–Crippen MR) is 78.6 cm³/mol. The lowest BCUT2D eigenvalue weighted by Gasteiger charge is -2.13. The molecular weight excluding hydrogens is 325 g/mol. The molecule has 10 heteroatoms. The Morgan fingerprint density at radius 2 is 2.05 bits per heavy atom. The van der Waals surface area contributed by atoms with Crippen LogP contribution in [-0.4, -0.2) is 32.5 Å². The van der Waals surface area contributed by atoms with E-state index in [1.807, 2.05) is 6.92 Å². The van der Waals surface area contributed by atoms with Gasteiger partial charge >= 0.3 is 5.69 Å². The van der Waals surface area contributed by atoms with Crippen LogP contribution in [0.15, 0.2) is 23.1 Å². The molecule has 0 unspecified atom stereocenters. The van der Waals surface area contributed by atoms with Crippen LogP contribution in [0.5, 0.6) is 0 Å². The normalized spacial score (nSPS) is 12.5.